The van der Waals surface area contributed by atoms with Crippen LogP contribution in [-0.2, 0) is 12.8 Å². The number of hydrogen-bond acceptors (Lipinski definition) is 0. The number of allylic oxidation sites excluding steroid dienone is 1. The maximum Gasteiger partial charge on any atom is 0.0344 e. The first-order chi connectivity index (χ1) is 6.72. The largest absolute Gasteiger partial charge is 0.0935 e. The molecule has 0 heteroatoms. The van der Waals surface area contributed by atoms with Gasteiger partial charge in [-0.3, -0.25) is 0 Å². The molecule has 0 heterocycles. The van der Waals surface area contributed by atoms with Crippen LogP contribution in [0.15, 0.2) is 36.4 Å². The van der Waals surface area contributed by atoms with Crippen LogP contribution >= 0.6 is 0 Å². The summed E-state index contributed by atoms with van der Waals surface area (Å²) in [7, 11) is 0. The highest BCUT2D eigenvalue weighted by atomic mass is 14.0. The van der Waals surface area contributed by atoms with Crippen molar-refractivity contribution in [3.63, 3.8) is 0 Å². The van der Waals surface area contributed by atoms with Gasteiger partial charge in [-0.05, 0) is 30.0 Å². The monoisotopic (exact) mass is 184 g/mol. The fourth-order valence-electron chi connectivity index (χ4n) is 1.26. The summed E-state index contributed by atoms with van der Waals surface area (Å²) in [6.45, 7) is 7.84. The van der Waals surface area contributed by atoms with Crippen molar-refractivity contribution >= 4 is 0 Å². The molecule has 72 valence electrons. The molecule has 0 saturated heterocycles. The van der Waals surface area contributed by atoms with Gasteiger partial charge in [-0.1, -0.05) is 49.6 Å². The first-order valence-electron chi connectivity index (χ1n) is 4.94. The third kappa shape index (κ3) is 3.49. The minimum absolute atomic E-state index is 0.820. The molecule has 1 aromatic carbocycles. The molecule has 0 N–H and O–H groups in total. The van der Waals surface area contributed by atoms with Crippen molar-refractivity contribution in [3.8, 4) is 11.8 Å². The molecule has 0 radical (unpaired) electrons. The van der Waals surface area contributed by atoms with Crippen molar-refractivity contribution in [1.29, 1.82) is 0 Å². The zero-order valence-electron chi connectivity index (χ0n) is 8.93. The number of benzene rings is 1. The molecule has 0 nitrogen and oxygen atoms in total. The van der Waals surface area contributed by atoms with Crippen molar-refractivity contribution < 1.29 is 0 Å². The van der Waals surface area contributed by atoms with E-state index in [4.69, 9.17) is 0 Å². The second-order valence-electron chi connectivity index (χ2n) is 3.43. The van der Waals surface area contributed by atoms with Gasteiger partial charge in [0, 0.05) is 6.42 Å². The van der Waals surface area contributed by atoms with Crippen LogP contribution in [-0.4, -0.2) is 0 Å². The normalized spacial score (nSPS) is 9.00. The lowest BCUT2D eigenvalue weighted by Gasteiger charge is -1.98. The standard InChI is InChI=1S/C14H16/c1-4-13-8-6-10-14(11-13)9-5-7-12(2)3/h6,8,10-11H,2,4,9H2,1,3H3. The number of hydrogen-bond donors (Lipinski definition) is 0. The molecule has 14 heavy (non-hydrogen) atoms. The fourth-order valence-corrected chi connectivity index (χ4v) is 1.26. The molecule has 0 aliphatic rings. The Morgan fingerprint density at radius 2 is 2.07 bits per heavy atom. The van der Waals surface area contributed by atoms with Gasteiger partial charge in [0.25, 0.3) is 0 Å². The lowest BCUT2D eigenvalue weighted by molar-refractivity contribution is 1.12. The molecule has 0 fully saturated rings. The minimum Gasteiger partial charge on any atom is -0.0935 e. The molecule has 0 bridgehead atoms. The molecule has 1 aromatic rings. The van der Waals surface area contributed by atoms with E-state index < -0.39 is 0 Å². The van der Waals surface area contributed by atoms with E-state index in [2.05, 4.69) is 49.6 Å². The Morgan fingerprint density at radius 1 is 1.36 bits per heavy atom. The predicted octanol–water partition coefficient (Wildman–Crippen LogP) is 3.37. The molecular weight excluding hydrogens is 168 g/mol. The average Bonchev–Trinajstić information content (AvgIpc) is 2.18. The highest BCUT2D eigenvalue weighted by Crippen LogP contribution is 2.06. The zero-order valence-corrected chi connectivity index (χ0v) is 8.93. The van der Waals surface area contributed by atoms with Crippen LogP contribution in [0.2, 0.25) is 0 Å². The molecule has 0 saturated carbocycles. The summed E-state index contributed by atoms with van der Waals surface area (Å²) in [5, 5.41) is 0. The number of aryl methyl sites for hydroxylation is 1. The van der Waals surface area contributed by atoms with Gasteiger partial charge in [0.15, 0.2) is 0 Å². The van der Waals surface area contributed by atoms with Gasteiger partial charge in [0.1, 0.15) is 0 Å². The van der Waals surface area contributed by atoms with Crippen LogP contribution in [0.4, 0.5) is 0 Å². The first kappa shape index (κ1) is 10.6. The van der Waals surface area contributed by atoms with E-state index in [-0.39, 0.29) is 0 Å². The van der Waals surface area contributed by atoms with Crippen molar-refractivity contribution in [1.82, 2.24) is 0 Å². The second kappa shape index (κ2) is 5.29. The molecule has 0 atom stereocenters. The van der Waals surface area contributed by atoms with Gasteiger partial charge < -0.3 is 0 Å². The fraction of sp³-hybridized carbons (Fsp3) is 0.286. The number of rotatable bonds is 2. The van der Waals surface area contributed by atoms with Crippen LogP contribution in [0, 0.1) is 11.8 Å². The van der Waals surface area contributed by atoms with E-state index in [0.717, 1.165) is 18.4 Å². The Bertz CT molecular complexity index is 375. The van der Waals surface area contributed by atoms with E-state index in [1.165, 1.54) is 11.1 Å². The van der Waals surface area contributed by atoms with Crippen LogP contribution < -0.4 is 0 Å². The van der Waals surface area contributed by atoms with Crippen LogP contribution in [0.25, 0.3) is 0 Å². The molecule has 0 amide bonds. The maximum absolute atomic E-state index is 3.75. The molecule has 0 aromatic heterocycles. The summed E-state index contributed by atoms with van der Waals surface area (Å²) in [6, 6.07) is 8.58. The lowest BCUT2D eigenvalue weighted by Crippen LogP contribution is -1.85. The highest BCUT2D eigenvalue weighted by molar-refractivity contribution is 5.30. The van der Waals surface area contributed by atoms with E-state index in [1.807, 2.05) is 6.92 Å². The second-order valence-corrected chi connectivity index (χ2v) is 3.43. The van der Waals surface area contributed by atoms with Crippen LogP contribution in [0.5, 0.6) is 0 Å². The Balaban J connectivity index is 2.69. The Hall–Kier alpha value is -1.48. The summed E-state index contributed by atoms with van der Waals surface area (Å²) in [5.41, 5.74) is 3.59. The molecule has 1 rings (SSSR count). The smallest absolute Gasteiger partial charge is 0.0344 e. The average molecular weight is 184 g/mol. The van der Waals surface area contributed by atoms with Crippen molar-refractivity contribution in [2.75, 3.05) is 0 Å². The molecule has 0 spiro atoms. The van der Waals surface area contributed by atoms with E-state index in [0.29, 0.717) is 0 Å². The molecule has 0 aliphatic heterocycles. The predicted molar refractivity (Wildman–Crippen MR) is 62.1 cm³/mol. The van der Waals surface area contributed by atoms with Crippen molar-refractivity contribution in [3.05, 3.63) is 47.5 Å². The zero-order chi connectivity index (χ0) is 10.4. The minimum atomic E-state index is 0.820. The quantitative estimate of drug-likeness (QED) is 0.618. The highest BCUT2D eigenvalue weighted by Gasteiger charge is 1.91. The Morgan fingerprint density at radius 3 is 2.71 bits per heavy atom. The summed E-state index contributed by atoms with van der Waals surface area (Å²) in [5.74, 6) is 6.09. The first-order valence-corrected chi connectivity index (χ1v) is 4.94. The molecule has 0 aliphatic carbocycles. The van der Waals surface area contributed by atoms with Crippen LogP contribution in [0.3, 0.4) is 0 Å². The summed E-state index contributed by atoms with van der Waals surface area (Å²) >= 11 is 0. The Labute approximate surface area is 86.7 Å². The third-order valence-corrected chi connectivity index (χ3v) is 1.99. The van der Waals surface area contributed by atoms with Crippen LogP contribution in [0.1, 0.15) is 25.0 Å². The molecule has 0 unspecified atom stereocenters. The third-order valence-electron chi connectivity index (χ3n) is 1.99. The Kier molecular flexibility index (Phi) is 4.01. The van der Waals surface area contributed by atoms with E-state index in [1.54, 1.807) is 0 Å². The van der Waals surface area contributed by atoms with Crippen molar-refractivity contribution in [2.45, 2.75) is 26.7 Å². The van der Waals surface area contributed by atoms with E-state index in [9.17, 15) is 0 Å². The van der Waals surface area contributed by atoms with Crippen molar-refractivity contribution in [2.24, 2.45) is 0 Å². The van der Waals surface area contributed by atoms with Gasteiger partial charge in [0.2, 0.25) is 0 Å². The topological polar surface area (TPSA) is 0 Å². The van der Waals surface area contributed by atoms with E-state index >= 15 is 0 Å². The van der Waals surface area contributed by atoms with Gasteiger partial charge >= 0.3 is 0 Å². The van der Waals surface area contributed by atoms with Gasteiger partial charge in [-0.25, -0.2) is 0 Å². The van der Waals surface area contributed by atoms with Gasteiger partial charge in [-0.15, -0.1) is 0 Å². The molecular formula is C14H16. The summed E-state index contributed by atoms with van der Waals surface area (Å²) in [6.07, 6.45) is 1.91. The maximum atomic E-state index is 3.75. The summed E-state index contributed by atoms with van der Waals surface area (Å²) < 4.78 is 0. The van der Waals surface area contributed by atoms with Gasteiger partial charge in [0.05, 0.1) is 0 Å². The lowest BCUT2D eigenvalue weighted by atomic mass is 10.1. The SMILES string of the molecule is C=C(C)C#CCc1cccc(CC)c1. The van der Waals surface area contributed by atoms with Gasteiger partial charge in [-0.2, -0.15) is 0 Å². The summed E-state index contributed by atoms with van der Waals surface area (Å²) in [4.78, 5) is 0.